The summed E-state index contributed by atoms with van der Waals surface area (Å²) in [7, 11) is 0. The van der Waals surface area contributed by atoms with Gasteiger partial charge in [0.2, 0.25) is 0 Å². The normalized spacial score (nSPS) is 10.7. The van der Waals surface area contributed by atoms with E-state index in [1.165, 1.54) is 24.3 Å². The van der Waals surface area contributed by atoms with Gasteiger partial charge < -0.3 is 28.4 Å². The fourth-order valence-electron chi connectivity index (χ4n) is 2.53. The highest BCUT2D eigenvalue weighted by molar-refractivity contribution is 5.36. The third-order valence-electron chi connectivity index (χ3n) is 4.20. The van der Waals surface area contributed by atoms with E-state index in [9.17, 15) is 20.2 Å². The molecule has 0 atom stereocenters. The van der Waals surface area contributed by atoms with Crippen LogP contribution in [0.5, 0.6) is 11.5 Å². The van der Waals surface area contributed by atoms with Gasteiger partial charge in [0.1, 0.15) is 24.7 Å². The zero-order valence-electron chi connectivity index (χ0n) is 18.7. The summed E-state index contributed by atoms with van der Waals surface area (Å²) in [4.78, 5) is 20.2. The van der Waals surface area contributed by atoms with E-state index in [0.29, 0.717) is 77.6 Å². The average Bonchev–Trinajstić information content (AvgIpc) is 2.84. The molecular formula is C22H28N2O10. The number of nitro groups is 2. The lowest BCUT2D eigenvalue weighted by Gasteiger charge is -2.09. The van der Waals surface area contributed by atoms with Gasteiger partial charge in [-0.25, -0.2) is 0 Å². The van der Waals surface area contributed by atoms with Gasteiger partial charge in [0.15, 0.2) is 0 Å². The molecule has 0 amide bonds. The zero-order valence-corrected chi connectivity index (χ0v) is 18.7. The lowest BCUT2D eigenvalue weighted by molar-refractivity contribution is -0.385. The first-order chi connectivity index (χ1) is 16.6. The van der Waals surface area contributed by atoms with Gasteiger partial charge in [-0.15, -0.1) is 0 Å². The second-order valence-corrected chi connectivity index (χ2v) is 6.65. The first kappa shape index (κ1) is 26.9. The van der Waals surface area contributed by atoms with Crippen molar-refractivity contribution in [3.63, 3.8) is 0 Å². The molecule has 0 bridgehead atoms. The Morgan fingerprint density at radius 3 is 1.00 bits per heavy atom. The van der Waals surface area contributed by atoms with Gasteiger partial charge in [-0.1, -0.05) is 0 Å². The van der Waals surface area contributed by atoms with E-state index in [1.54, 1.807) is 24.3 Å². The molecular weight excluding hydrogens is 452 g/mol. The Morgan fingerprint density at radius 1 is 0.471 bits per heavy atom. The molecule has 2 aromatic rings. The molecule has 34 heavy (non-hydrogen) atoms. The summed E-state index contributed by atoms with van der Waals surface area (Å²) in [5.74, 6) is 1.09. The standard InChI is InChI=1S/C22H28N2O10/c25-23(26)19-1-5-21(6-2-19)33-17-15-31-13-11-29-9-10-30-12-14-32-16-18-34-22-7-3-20(4-8-22)24(27)28/h1-8H,9-18H2. The molecule has 0 saturated heterocycles. The van der Waals surface area contributed by atoms with Crippen molar-refractivity contribution in [2.75, 3.05) is 66.1 Å². The van der Waals surface area contributed by atoms with Crippen LogP contribution >= 0.6 is 0 Å². The smallest absolute Gasteiger partial charge is 0.269 e. The van der Waals surface area contributed by atoms with Gasteiger partial charge in [0.25, 0.3) is 11.4 Å². The van der Waals surface area contributed by atoms with Crippen LogP contribution < -0.4 is 9.47 Å². The summed E-state index contributed by atoms with van der Waals surface area (Å²) >= 11 is 0. The van der Waals surface area contributed by atoms with Gasteiger partial charge in [0, 0.05) is 24.3 Å². The molecule has 12 nitrogen and oxygen atoms in total. The maximum absolute atomic E-state index is 10.6. The Hall–Kier alpha value is -3.32. The molecule has 0 radical (unpaired) electrons. The number of hydrogen-bond acceptors (Lipinski definition) is 10. The lowest BCUT2D eigenvalue weighted by Crippen LogP contribution is -2.14. The van der Waals surface area contributed by atoms with Crippen LogP contribution in [-0.2, 0) is 18.9 Å². The monoisotopic (exact) mass is 480 g/mol. The molecule has 0 unspecified atom stereocenters. The first-order valence-corrected chi connectivity index (χ1v) is 10.6. The Bertz CT molecular complexity index is 774. The molecule has 0 aliphatic heterocycles. The van der Waals surface area contributed by atoms with Crippen molar-refractivity contribution in [3.8, 4) is 11.5 Å². The van der Waals surface area contributed by atoms with E-state index in [2.05, 4.69) is 0 Å². The van der Waals surface area contributed by atoms with Gasteiger partial charge >= 0.3 is 0 Å². The molecule has 2 rings (SSSR count). The van der Waals surface area contributed by atoms with Crippen molar-refractivity contribution in [2.24, 2.45) is 0 Å². The highest BCUT2D eigenvalue weighted by Crippen LogP contribution is 2.18. The van der Waals surface area contributed by atoms with Crippen LogP contribution in [-0.4, -0.2) is 75.9 Å². The Labute approximate surface area is 196 Å². The Kier molecular flexibility index (Phi) is 12.9. The largest absolute Gasteiger partial charge is 0.491 e. The van der Waals surface area contributed by atoms with Crippen molar-refractivity contribution in [3.05, 3.63) is 68.8 Å². The number of hydrogen-bond donors (Lipinski definition) is 0. The molecule has 0 aliphatic carbocycles. The second kappa shape index (κ2) is 16.3. The summed E-state index contributed by atoms with van der Waals surface area (Å²) in [5.41, 5.74) is 0.0346. The van der Waals surface area contributed by atoms with E-state index < -0.39 is 9.85 Å². The van der Waals surface area contributed by atoms with E-state index in [0.717, 1.165) is 0 Å². The lowest BCUT2D eigenvalue weighted by atomic mass is 10.3. The van der Waals surface area contributed by atoms with Crippen LogP contribution in [0.15, 0.2) is 48.5 Å². The molecule has 0 saturated carbocycles. The fourth-order valence-corrected chi connectivity index (χ4v) is 2.53. The summed E-state index contributed by atoms with van der Waals surface area (Å²) in [5, 5.41) is 21.2. The number of nitro benzene ring substituents is 2. The second-order valence-electron chi connectivity index (χ2n) is 6.65. The summed E-state index contributed by atoms with van der Waals surface area (Å²) in [6.45, 7) is 3.99. The Balaban J connectivity index is 1.31. The van der Waals surface area contributed by atoms with E-state index >= 15 is 0 Å². The van der Waals surface area contributed by atoms with Crippen LogP contribution in [0.1, 0.15) is 0 Å². The van der Waals surface area contributed by atoms with E-state index in [-0.39, 0.29) is 11.4 Å². The molecule has 0 aromatic heterocycles. The van der Waals surface area contributed by atoms with Crippen LogP contribution in [0.2, 0.25) is 0 Å². The zero-order chi connectivity index (χ0) is 24.4. The van der Waals surface area contributed by atoms with Crippen LogP contribution in [0.25, 0.3) is 0 Å². The summed E-state index contributed by atoms with van der Waals surface area (Å²) in [6.07, 6.45) is 0. The van der Waals surface area contributed by atoms with Crippen LogP contribution in [0, 0.1) is 20.2 Å². The fraction of sp³-hybridized carbons (Fsp3) is 0.455. The van der Waals surface area contributed by atoms with Gasteiger partial charge in [-0.3, -0.25) is 20.2 Å². The number of rotatable bonds is 19. The molecule has 0 spiro atoms. The Morgan fingerprint density at radius 2 is 0.735 bits per heavy atom. The van der Waals surface area contributed by atoms with Crippen molar-refractivity contribution < 1.29 is 38.3 Å². The number of benzene rings is 2. The SMILES string of the molecule is O=[N+]([O-])c1ccc(OCCOCCOCCOCCOCCOc2ccc([N+](=O)[O-])cc2)cc1. The minimum Gasteiger partial charge on any atom is -0.491 e. The van der Waals surface area contributed by atoms with E-state index in [4.69, 9.17) is 28.4 Å². The molecule has 12 heteroatoms. The predicted molar refractivity (Wildman–Crippen MR) is 120 cm³/mol. The first-order valence-electron chi connectivity index (χ1n) is 10.6. The number of nitrogens with zero attached hydrogens (tertiary/aromatic N) is 2. The quantitative estimate of drug-likeness (QED) is 0.167. The van der Waals surface area contributed by atoms with Crippen molar-refractivity contribution in [1.29, 1.82) is 0 Å². The molecule has 2 aromatic carbocycles. The van der Waals surface area contributed by atoms with Crippen molar-refractivity contribution in [2.45, 2.75) is 0 Å². The maximum Gasteiger partial charge on any atom is 0.269 e. The van der Waals surface area contributed by atoms with E-state index in [1.807, 2.05) is 0 Å². The van der Waals surface area contributed by atoms with Gasteiger partial charge in [-0.2, -0.15) is 0 Å². The number of ether oxygens (including phenoxy) is 6. The summed E-state index contributed by atoms with van der Waals surface area (Å²) in [6, 6.07) is 11.7. The molecule has 186 valence electrons. The topological polar surface area (TPSA) is 142 Å². The maximum atomic E-state index is 10.6. The number of non-ortho nitro benzene ring substituents is 2. The highest BCUT2D eigenvalue weighted by Gasteiger charge is 2.05. The molecule has 0 heterocycles. The van der Waals surface area contributed by atoms with Crippen LogP contribution in [0.4, 0.5) is 11.4 Å². The van der Waals surface area contributed by atoms with Crippen LogP contribution in [0.3, 0.4) is 0 Å². The third kappa shape index (κ3) is 11.5. The average molecular weight is 480 g/mol. The molecule has 0 fully saturated rings. The minimum atomic E-state index is -0.462. The van der Waals surface area contributed by atoms with Crippen molar-refractivity contribution >= 4 is 11.4 Å². The highest BCUT2D eigenvalue weighted by atomic mass is 16.6. The van der Waals surface area contributed by atoms with Gasteiger partial charge in [-0.05, 0) is 24.3 Å². The summed E-state index contributed by atoms with van der Waals surface area (Å²) < 4.78 is 32.4. The third-order valence-corrected chi connectivity index (χ3v) is 4.20. The predicted octanol–water partition coefficient (Wildman–Crippen LogP) is 3.03. The van der Waals surface area contributed by atoms with Gasteiger partial charge in [0.05, 0.1) is 62.7 Å². The van der Waals surface area contributed by atoms with Crippen molar-refractivity contribution in [1.82, 2.24) is 0 Å². The minimum absolute atomic E-state index is 0.0173. The molecule has 0 N–H and O–H groups in total. The molecule has 0 aliphatic rings.